The number of benzene rings is 5. The molecule has 7 aromatic rings. The molecule has 0 N–H and O–H groups in total. The fraction of sp³-hybridized carbons (Fsp3) is 0. The Morgan fingerprint density at radius 2 is 0.944 bits per heavy atom. The molecule has 0 aliphatic heterocycles. The second-order valence-corrected chi connectivity index (χ2v) is 8.26. The summed E-state index contributed by atoms with van der Waals surface area (Å²) >= 11 is 0. The molecule has 5 aromatic carbocycles. The molecule has 36 heavy (non-hydrogen) atoms. The lowest BCUT2D eigenvalue weighted by Gasteiger charge is -2.15. The third kappa shape index (κ3) is 2.67. The zero-order valence-corrected chi connectivity index (χ0v) is 18.6. The van der Waals surface area contributed by atoms with Crippen molar-refractivity contribution in [2.75, 3.05) is 0 Å². The average molecular weight is 467 g/mol. The van der Waals surface area contributed by atoms with Crippen LogP contribution in [0.3, 0.4) is 0 Å². The minimum Gasteiger partial charge on any atom is -0.308 e. The van der Waals surface area contributed by atoms with Gasteiger partial charge in [-0.3, -0.25) is 0 Å². The lowest BCUT2D eigenvalue weighted by atomic mass is 10.1. The average Bonchev–Trinajstić information content (AvgIpc) is 3.57. The third-order valence-corrected chi connectivity index (χ3v) is 6.45. The molecule has 0 saturated carbocycles. The number of hydrogen-bond acceptors (Lipinski definition) is 2. The number of para-hydroxylation sites is 4. The van der Waals surface area contributed by atoms with Crippen molar-refractivity contribution in [2.24, 2.45) is 0 Å². The van der Waals surface area contributed by atoms with Crippen LogP contribution in [0.25, 0.3) is 55.0 Å². The Bertz CT molecular complexity index is 2340. The molecule has 0 saturated heterocycles. The van der Waals surface area contributed by atoms with E-state index in [0.717, 1.165) is 0 Å². The predicted molar refractivity (Wildman–Crippen MR) is 145 cm³/mol. The molecule has 0 aliphatic carbocycles. The highest BCUT2D eigenvalue weighted by Gasteiger charge is 2.20. The van der Waals surface area contributed by atoms with Crippen LogP contribution in [0.15, 0.2) is 109 Å². The van der Waals surface area contributed by atoms with Gasteiger partial charge in [-0.25, -0.2) is 0 Å². The zero-order chi connectivity index (χ0) is 31.2. The first kappa shape index (κ1) is 13.5. The normalized spacial score (nSPS) is 14.4. The van der Waals surface area contributed by atoms with Gasteiger partial charge in [0.2, 0.25) is 0 Å². The van der Waals surface area contributed by atoms with Crippen LogP contribution >= 0.6 is 0 Å². The summed E-state index contributed by atoms with van der Waals surface area (Å²) in [5.41, 5.74) is 2.00. The van der Waals surface area contributed by atoms with Crippen molar-refractivity contribution >= 4 is 43.6 Å². The van der Waals surface area contributed by atoms with Gasteiger partial charge in [0.1, 0.15) is 12.1 Å². The summed E-state index contributed by atoms with van der Waals surface area (Å²) in [6.45, 7) is 0. The molecule has 4 heteroatoms. The van der Waals surface area contributed by atoms with Crippen LogP contribution in [0.5, 0.6) is 0 Å². The van der Waals surface area contributed by atoms with Gasteiger partial charge in [0.15, 0.2) is 0 Å². The lowest BCUT2D eigenvalue weighted by Crippen LogP contribution is -2.04. The minimum atomic E-state index is -0.429. The summed E-state index contributed by atoms with van der Waals surface area (Å²) in [4.78, 5) is 0. The van der Waals surface area contributed by atoms with Gasteiger partial charge < -0.3 is 9.13 Å². The van der Waals surface area contributed by atoms with Gasteiger partial charge >= 0.3 is 0 Å². The summed E-state index contributed by atoms with van der Waals surface area (Å²) in [5.74, 6) is 0. The molecule has 166 valence electrons. The van der Waals surface area contributed by atoms with Gasteiger partial charge in [0, 0.05) is 21.5 Å². The van der Waals surface area contributed by atoms with Crippen molar-refractivity contribution in [2.45, 2.75) is 0 Å². The van der Waals surface area contributed by atoms with Crippen molar-refractivity contribution in [1.82, 2.24) is 9.13 Å². The maximum absolute atomic E-state index is 10.4. The molecule has 0 aliphatic rings. The van der Waals surface area contributed by atoms with E-state index in [1.54, 1.807) is 57.7 Å². The Hall–Kier alpha value is -5.32. The first-order valence-electron chi connectivity index (χ1n) is 15.1. The molecule has 2 aromatic heterocycles. The molecule has 0 fully saturated rings. The lowest BCUT2D eigenvalue weighted by molar-refractivity contribution is 1.12. The van der Waals surface area contributed by atoms with E-state index in [4.69, 9.17) is 11.0 Å². The zero-order valence-electron chi connectivity index (χ0n) is 26.6. The smallest absolute Gasteiger partial charge is 0.101 e. The Morgan fingerprint density at radius 1 is 0.528 bits per heavy atom. The van der Waals surface area contributed by atoms with E-state index in [0.29, 0.717) is 21.8 Å². The fourth-order valence-corrected chi connectivity index (χ4v) is 4.96. The second-order valence-electron chi connectivity index (χ2n) is 8.26. The largest absolute Gasteiger partial charge is 0.308 e. The van der Waals surface area contributed by atoms with Gasteiger partial charge in [0.05, 0.1) is 55.5 Å². The van der Waals surface area contributed by atoms with Gasteiger partial charge in [-0.15, -0.1) is 0 Å². The van der Waals surface area contributed by atoms with Crippen LogP contribution in [0.4, 0.5) is 0 Å². The molecule has 0 amide bonds. The SMILES string of the molecule is [2H]c1c([2H])c([2H])c2c(c1[2H])c1ccccc1n2-c1cc(C#N)c(-n2c3ccccc3c3c([2H])c([2H])c([2H])c([2H])c32)cc1C#N. The van der Waals surface area contributed by atoms with E-state index < -0.39 is 12.1 Å². The maximum Gasteiger partial charge on any atom is 0.101 e. The highest BCUT2D eigenvalue weighted by atomic mass is 15.0. The Balaban J connectivity index is 1.66. The first-order valence-corrected chi connectivity index (χ1v) is 11.1. The van der Waals surface area contributed by atoms with E-state index in [-0.39, 0.29) is 80.6 Å². The van der Waals surface area contributed by atoms with E-state index in [9.17, 15) is 10.5 Å². The molecular weight excluding hydrogens is 440 g/mol. The van der Waals surface area contributed by atoms with Crippen molar-refractivity contribution in [3.63, 3.8) is 0 Å². The fourth-order valence-electron chi connectivity index (χ4n) is 4.96. The van der Waals surface area contributed by atoms with Crippen molar-refractivity contribution in [3.05, 3.63) is 120 Å². The van der Waals surface area contributed by atoms with Gasteiger partial charge in [-0.05, 0) is 36.4 Å². The summed E-state index contributed by atoms with van der Waals surface area (Å²) in [6.07, 6.45) is 0. The van der Waals surface area contributed by atoms with Crippen molar-refractivity contribution in [3.8, 4) is 23.5 Å². The van der Waals surface area contributed by atoms with Gasteiger partial charge in [-0.2, -0.15) is 10.5 Å². The van der Waals surface area contributed by atoms with E-state index in [1.807, 2.05) is 0 Å². The molecule has 0 unspecified atom stereocenters. The van der Waals surface area contributed by atoms with E-state index >= 15 is 0 Å². The number of rotatable bonds is 2. The summed E-state index contributed by atoms with van der Waals surface area (Å²) in [7, 11) is 0. The highest BCUT2D eigenvalue weighted by molar-refractivity contribution is 6.10. The van der Waals surface area contributed by atoms with Crippen LogP contribution in [0, 0.1) is 22.7 Å². The van der Waals surface area contributed by atoms with Crippen LogP contribution in [0.1, 0.15) is 22.1 Å². The van der Waals surface area contributed by atoms with E-state index in [2.05, 4.69) is 12.1 Å². The number of nitriles is 2. The molecule has 7 rings (SSSR count). The summed E-state index contributed by atoms with van der Waals surface area (Å²) < 4.78 is 71.1. The third-order valence-electron chi connectivity index (χ3n) is 6.45. The van der Waals surface area contributed by atoms with Gasteiger partial charge in [0.25, 0.3) is 0 Å². The monoisotopic (exact) mass is 466 g/mol. The molecule has 0 spiro atoms. The first-order chi connectivity index (χ1) is 21.1. The number of aromatic nitrogens is 2. The highest BCUT2D eigenvalue weighted by Crippen LogP contribution is 2.37. The van der Waals surface area contributed by atoms with Crippen LogP contribution in [-0.2, 0) is 0 Å². The van der Waals surface area contributed by atoms with Crippen LogP contribution in [0.2, 0.25) is 0 Å². The summed E-state index contributed by atoms with van der Waals surface area (Å²) in [6, 6.07) is 18.7. The van der Waals surface area contributed by atoms with Crippen LogP contribution in [-0.4, -0.2) is 9.13 Å². The quantitative estimate of drug-likeness (QED) is 0.263. The standard InChI is InChI=1S/C32H18N4/c33-19-21-18-32(36-29-15-7-3-11-25(29)26-12-4-8-16-30(26)36)22(20-34)17-31(21)35-27-13-5-1-9-23(27)24-10-2-6-14-28(24)35/h1-18H/i1D,3D,5D,7D,9D,11D,13D,15D. The Kier molecular flexibility index (Phi) is 2.86. The molecule has 0 bridgehead atoms. The van der Waals surface area contributed by atoms with Crippen molar-refractivity contribution in [1.29, 1.82) is 10.5 Å². The maximum atomic E-state index is 10.4. The van der Waals surface area contributed by atoms with Crippen LogP contribution < -0.4 is 0 Å². The second kappa shape index (κ2) is 7.60. The predicted octanol–water partition coefficient (Wildman–Crippen LogP) is 7.62. The van der Waals surface area contributed by atoms with E-state index in [1.165, 1.54) is 12.1 Å². The minimum absolute atomic E-state index is 0.0841. The number of fused-ring (bicyclic) bond motifs is 6. The molecule has 4 nitrogen and oxygen atoms in total. The molecule has 0 atom stereocenters. The number of hydrogen-bond donors (Lipinski definition) is 0. The topological polar surface area (TPSA) is 57.4 Å². The Labute approximate surface area is 218 Å². The van der Waals surface area contributed by atoms with Crippen molar-refractivity contribution < 1.29 is 11.0 Å². The number of nitrogens with zero attached hydrogens (tertiary/aromatic N) is 4. The molecule has 2 heterocycles. The molecule has 0 radical (unpaired) electrons. The summed E-state index contributed by atoms with van der Waals surface area (Å²) in [5, 5.41) is 22.6. The van der Waals surface area contributed by atoms with Gasteiger partial charge in [-0.1, -0.05) is 72.7 Å². The molecular formula is C32H18N4. The Morgan fingerprint density at radius 3 is 1.39 bits per heavy atom.